The number of aromatic nitrogens is 2. The second kappa shape index (κ2) is 21.2. The summed E-state index contributed by atoms with van der Waals surface area (Å²) >= 11 is 0. The summed E-state index contributed by atoms with van der Waals surface area (Å²) in [6.45, 7) is 34.8. The van der Waals surface area contributed by atoms with E-state index < -0.39 is 0 Å². The van der Waals surface area contributed by atoms with Crippen molar-refractivity contribution in [3.63, 3.8) is 0 Å². The topological polar surface area (TPSA) is 8.81 Å². The molecule has 0 bridgehead atoms. The van der Waals surface area contributed by atoms with Crippen molar-refractivity contribution in [3.05, 3.63) is 18.7 Å². The van der Waals surface area contributed by atoms with E-state index in [1.54, 1.807) is 0 Å². The Balaban J connectivity index is 0.000000288. The van der Waals surface area contributed by atoms with Gasteiger partial charge in [-0.25, -0.2) is 9.13 Å². The van der Waals surface area contributed by atoms with Gasteiger partial charge in [-0.05, 0) is 40.0 Å². The van der Waals surface area contributed by atoms with Crippen LogP contribution in [0.3, 0.4) is 0 Å². The number of hydrogen-bond acceptors (Lipinski definition) is 0. The minimum Gasteiger partial charge on any atom is -0.326 e. The van der Waals surface area contributed by atoms with Crippen LogP contribution < -0.4 is 4.57 Å². The van der Waals surface area contributed by atoms with Crippen LogP contribution in [0.15, 0.2) is 18.7 Å². The molecule has 4 fully saturated rings. The van der Waals surface area contributed by atoms with Crippen molar-refractivity contribution in [3.8, 4) is 0 Å². The predicted octanol–water partition coefficient (Wildman–Crippen LogP) is 7.37. The standard InChI is InChI=1S/2C9H20N.2C8H18N.C6H11N2/c1-4-7-10(3)8-5-6-9(10)2;1-4-6-10(3)7-5-9(2)8-10;1-4-9(3)6-5-8(2)7-9;1-3-6-9(2)7-4-5-8-9;1-3-8-5-4-7(2)6-8/h2*9H,4-8H2,1-3H3;8H,4-7H2,1-3H3;3-8H2,1-2H3;4-6H,3H2,1-2H3/q5*+1. The Labute approximate surface area is 290 Å². The molecule has 272 valence electrons. The molecule has 0 aromatic carbocycles. The van der Waals surface area contributed by atoms with E-state index in [4.69, 9.17) is 0 Å². The van der Waals surface area contributed by atoms with Crippen molar-refractivity contribution in [2.45, 2.75) is 126 Å². The van der Waals surface area contributed by atoms with Crippen LogP contribution in [0.25, 0.3) is 0 Å². The van der Waals surface area contributed by atoms with Crippen LogP contribution in [0.5, 0.6) is 0 Å². The average molecular weight is 652 g/mol. The number of likely N-dealkylation sites (tertiary alicyclic amines) is 4. The van der Waals surface area contributed by atoms with Gasteiger partial charge in [0, 0.05) is 50.4 Å². The average Bonchev–Trinajstić information content (AvgIpc) is 3.83. The fourth-order valence-corrected chi connectivity index (χ4v) is 8.64. The lowest BCUT2D eigenvalue weighted by atomic mass is 10.2. The number of hydrogen-bond donors (Lipinski definition) is 0. The lowest BCUT2D eigenvalue weighted by Crippen LogP contribution is -2.46. The third-order valence-corrected chi connectivity index (χ3v) is 12.0. The quantitative estimate of drug-likeness (QED) is 0.205. The molecule has 0 radical (unpaired) electrons. The second-order valence-corrected chi connectivity index (χ2v) is 17.2. The van der Waals surface area contributed by atoms with Gasteiger partial charge in [0.1, 0.15) is 12.4 Å². The maximum absolute atomic E-state index is 2.40. The largest absolute Gasteiger partial charge is 0.326 e. The van der Waals surface area contributed by atoms with E-state index in [2.05, 4.69) is 101 Å². The molecule has 4 aliphatic heterocycles. The summed E-state index contributed by atoms with van der Waals surface area (Å²) in [5.41, 5.74) is 0. The van der Waals surface area contributed by atoms with Gasteiger partial charge in [-0.2, -0.15) is 0 Å². The highest BCUT2D eigenvalue weighted by Crippen LogP contribution is 2.24. The van der Waals surface area contributed by atoms with Crippen LogP contribution in [0.1, 0.15) is 113 Å². The summed E-state index contributed by atoms with van der Waals surface area (Å²) in [6, 6.07) is 0.917. The minimum absolute atomic E-state index is 0.917. The van der Waals surface area contributed by atoms with Crippen molar-refractivity contribution in [1.29, 1.82) is 0 Å². The van der Waals surface area contributed by atoms with Gasteiger partial charge in [-0.15, -0.1) is 0 Å². The van der Waals surface area contributed by atoms with Gasteiger partial charge < -0.3 is 17.9 Å². The molecule has 1 aromatic rings. The van der Waals surface area contributed by atoms with E-state index in [9.17, 15) is 0 Å². The SMILES string of the molecule is CCC[N+]1(C)CCC(C)C1.CCC[N+]1(C)CCCC1.CCC[N+]1(C)CCCC1C.CC[N+]1(C)CCC(C)C1.CCn1cc[n+](C)c1. The highest BCUT2D eigenvalue weighted by atomic mass is 15.4. The molecule has 1 aromatic heterocycles. The monoisotopic (exact) mass is 652 g/mol. The molecule has 0 spiro atoms. The Kier molecular flexibility index (Phi) is 19.9. The second-order valence-electron chi connectivity index (χ2n) is 17.2. The van der Waals surface area contributed by atoms with E-state index >= 15 is 0 Å². The molecular weight excluding hydrogens is 564 g/mol. The Morgan fingerprint density at radius 2 is 1.15 bits per heavy atom. The number of nitrogens with zero attached hydrogens (tertiary/aromatic N) is 6. The minimum atomic E-state index is 0.917. The third-order valence-electron chi connectivity index (χ3n) is 12.0. The van der Waals surface area contributed by atoms with E-state index in [0.29, 0.717) is 0 Å². The third kappa shape index (κ3) is 16.0. The Morgan fingerprint density at radius 3 is 1.48 bits per heavy atom. The zero-order chi connectivity index (χ0) is 34.9. The van der Waals surface area contributed by atoms with Crippen molar-refractivity contribution < 1.29 is 22.5 Å². The highest BCUT2D eigenvalue weighted by Gasteiger charge is 2.33. The lowest BCUT2D eigenvalue weighted by molar-refractivity contribution is -0.919. The first kappa shape index (κ1) is 43.1. The Morgan fingerprint density at radius 1 is 0.630 bits per heavy atom. The highest BCUT2D eigenvalue weighted by molar-refractivity contribution is 4.64. The smallest absolute Gasteiger partial charge is 0.243 e. The van der Waals surface area contributed by atoms with Crippen LogP contribution in [0.2, 0.25) is 0 Å². The van der Waals surface area contributed by atoms with Crippen LogP contribution in [0.4, 0.5) is 0 Å². The maximum atomic E-state index is 2.40. The van der Waals surface area contributed by atoms with Crippen molar-refractivity contribution in [2.24, 2.45) is 18.9 Å². The number of imidazole rings is 1. The summed E-state index contributed by atoms with van der Waals surface area (Å²) in [6.07, 6.45) is 18.8. The molecule has 6 atom stereocenters. The van der Waals surface area contributed by atoms with Gasteiger partial charge in [0.25, 0.3) is 0 Å². The first-order valence-corrected chi connectivity index (χ1v) is 20.0. The lowest BCUT2D eigenvalue weighted by Gasteiger charge is -2.34. The summed E-state index contributed by atoms with van der Waals surface area (Å²) in [5, 5.41) is 0. The van der Waals surface area contributed by atoms with Gasteiger partial charge in [0.2, 0.25) is 6.33 Å². The molecule has 5 heterocycles. The summed E-state index contributed by atoms with van der Waals surface area (Å²) in [5.74, 6) is 1.94. The molecule has 0 N–H and O–H groups in total. The van der Waals surface area contributed by atoms with Gasteiger partial charge in [0.15, 0.2) is 0 Å². The Bertz CT molecular complexity index is 903. The summed E-state index contributed by atoms with van der Waals surface area (Å²) in [7, 11) is 11.6. The normalized spacial score (nSPS) is 32.7. The van der Waals surface area contributed by atoms with Crippen molar-refractivity contribution in [1.82, 2.24) is 4.57 Å². The van der Waals surface area contributed by atoms with Crippen LogP contribution in [-0.2, 0) is 13.6 Å². The fourth-order valence-electron chi connectivity index (χ4n) is 8.64. The number of rotatable bonds is 8. The molecule has 0 amide bonds. The molecule has 0 saturated carbocycles. The molecule has 6 heteroatoms. The van der Waals surface area contributed by atoms with Crippen LogP contribution in [0, 0.1) is 11.8 Å². The van der Waals surface area contributed by atoms with E-state index in [-0.39, 0.29) is 0 Å². The summed E-state index contributed by atoms with van der Waals surface area (Å²) < 4.78 is 9.47. The molecule has 4 saturated heterocycles. The first-order chi connectivity index (χ1) is 21.6. The fraction of sp³-hybridized carbons (Fsp3) is 0.925. The number of quaternary nitrogens is 4. The van der Waals surface area contributed by atoms with E-state index in [0.717, 1.165) is 24.4 Å². The number of aryl methyl sites for hydroxylation is 2. The molecule has 46 heavy (non-hydrogen) atoms. The molecule has 5 rings (SSSR count). The molecule has 6 nitrogen and oxygen atoms in total. The molecule has 4 aliphatic rings. The maximum Gasteiger partial charge on any atom is 0.243 e. The van der Waals surface area contributed by atoms with Crippen LogP contribution in [-0.4, -0.2) is 129 Å². The first-order valence-electron chi connectivity index (χ1n) is 20.0. The molecule has 6 unspecified atom stereocenters. The van der Waals surface area contributed by atoms with Gasteiger partial charge in [0.05, 0.1) is 120 Å². The molecular formula is C40H87N6+5. The Hall–Kier alpha value is -0.950. The zero-order valence-electron chi connectivity index (χ0n) is 34.0. The van der Waals surface area contributed by atoms with Crippen LogP contribution >= 0.6 is 0 Å². The van der Waals surface area contributed by atoms with Crippen molar-refractivity contribution in [2.75, 3.05) is 100 Å². The predicted molar refractivity (Wildman–Crippen MR) is 202 cm³/mol. The van der Waals surface area contributed by atoms with Gasteiger partial charge >= 0.3 is 0 Å². The van der Waals surface area contributed by atoms with E-state index in [1.165, 1.54) is 148 Å². The van der Waals surface area contributed by atoms with Gasteiger partial charge in [-0.3, -0.25) is 0 Å². The van der Waals surface area contributed by atoms with Gasteiger partial charge in [-0.1, -0.05) is 34.6 Å². The summed E-state index contributed by atoms with van der Waals surface area (Å²) in [4.78, 5) is 0. The van der Waals surface area contributed by atoms with Crippen molar-refractivity contribution >= 4 is 0 Å². The zero-order valence-corrected chi connectivity index (χ0v) is 34.0. The van der Waals surface area contributed by atoms with E-state index in [1.807, 2.05) is 17.8 Å². The molecule has 0 aliphatic carbocycles.